The standard InChI is InChI=1S/C22H25ClF3N3O4S/c1-34(31,32)29(20-12-18(22(24,25)26)6-7-19(20)23)15-21(30)27-13-16-2-4-17(5-3-16)14-28-8-10-33-11-9-28/h2-7,12H,8-11,13-15H2,1H3,(H,27,30). The van der Waals surface area contributed by atoms with E-state index in [4.69, 9.17) is 16.3 Å². The Morgan fingerprint density at radius 3 is 2.32 bits per heavy atom. The first-order valence-electron chi connectivity index (χ1n) is 10.4. The second-order valence-electron chi connectivity index (χ2n) is 7.92. The van der Waals surface area contributed by atoms with E-state index in [1.54, 1.807) is 0 Å². The van der Waals surface area contributed by atoms with Crippen LogP contribution in [0.1, 0.15) is 16.7 Å². The number of amides is 1. The minimum absolute atomic E-state index is 0.130. The van der Waals surface area contributed by atoms with E-state index >= 15 is 0 Å². The van der Waals surface area contributed by atoms with Gasteiger partial charge in [0.25, 0.3) is 0 Å². The number of carbonyl (C=O) groups excluding carboxylic acids is 1. The summed E-state index contributed by atoms with van der Waals surface area (Å²) in [7, 11) is -4.09. The summed E-state index contributed by atoms with van der Waals surface area (Å²) >= 11 is 5.97. The Hall–Kier alpha value is -2.34. The van der Waals surface area contributed by atoms with Gasteiger partial charge in [-0.25, -0.2) is 8.42 Å². The Balaban J connectivity index is 1.64. The summed E-state index contributed by atoms with van der Waals surface area (Å²) < 4.78 is 69.7. The summed E-state index contributed by atoms with van der Waals surface area (Å²) in [5.41, 5.74) is 0.418. The maximum absolute atomic E-state index is 13.1. The number of ether oxygens (including phenoxy) is 1. The summed E-state index contributed by atoms with van der Waals surface area (Å²) in [5.74, 6) is -0.684. The number of carbonyl (C=O) groups is 1. The van der Waals surface area contributed by atoms with Gasteiger partial charge in [0.1, 0.15) is 6.54 Å². The van der Waals surface area contributed by atoms with E-state index in [2.05, 4.69) is 10.2 Å². The molecule has 0 aliphatic carbocycles. The normalized spacial score (nSPS) is 15.2. The number of alkyl halides is 3. The van der Waals surface area contributed by atoms with Crippen molar-refractivity contribution < 1.29 is 31.1 Å². The second kappa shape index (κ2) is 10.9. The summed E-state index contributed by atoms with van der Waals surface area (Å²) in [6.07, 6.45) is -3.90. The Morgan fingerprint density at radius 2 is 1.74 bits per heavy atom. The van der Waals surface area contributed by atoms with Crippen molar-refractivity contribution in [2.45, 2.75) is 19.3 Å². The molecule has 34 heavy (non-hydrogen) atoms. The van der Waals surface area contributed by atoms with Crippen molar-refractivity contribution in [3.05, 3.63) is 64.2 Å². The lowest BCUT2D eigenvalue weighted by Crippen LogP contribution is -2.40. The van der Waals surface area contributed by atoms with E-state index in [0.717, 1.165) is 49.1 Å². The van der Waals surface area contributed by atoms with Gasteiger partial charge in [0.2, 0.25) is 15.9 Å². The maximum atomic E-state index is 13.1. The molecule has 1 N–H and O–H groups in total. The molecule has 2 aromatic rings. The molecule has 0 aromatic heterocycles. The molecular formula is C22H25ClF3N3O4S. The van der Waals surface area contributed by atoms with Crippen LogP contribution in [0, 0.1) is 0 Å². The third-order valence-electron chi connectivity index (χ3n) is 5.25. The average molecular weight is 520 g/mol. The van der Waals surface area contributed by atoms with Gasteiger partial charge in [-0.2, -0.15) is 13.2 Å². The molecule has 1 amide bonds. The van der Waals surface area contributed by atoms with E-state index in [0.29, 0.717) is 23.6 Å². The lowest BCUT2D eigenvalue weighted by Gasteiger charge is -2.26. The van der Waals surface area contributed by atoms with Crippen molar-refractivity contribution in [2.75, 3.05) is 43.4 Å². The monoisotopic (exact) mass is 519 g/mol. The highest BCUT2D eigenvalue weighted by molar-refractivity contribution is 7.92. The molecule has 0 unspecified atom stereocenters. The Labute approximate surface area is 201 Å². The van der Waals surface area contributed by atoms with Gasteiger partial charge >= 0.3 is 6.18 Å². The average Bonchev–Trinajstić information content (AvgIpc) is 2.77. The molecule has 1 saturated heterocycles. The number of rotatable bonds is 8. The topological polar surface area (TPSA) is 79.0 Å². The largest absolute Gasteiger partial charge is 0.416 e. The number of anilines is 1. The molecule has 1 aliphatic rings. The zero-order valence-electron chi connectivity index (χ0n) is 18.4. The number of nitrogens with one attached hydrogen (secondary N) is 1. The lowest BCUT2D eigenvalue weighted by atomic mass is 10.1. The first kappa shape index (κ1) is 26.3. The van der Waals surface area contributed by atoms with Crippen LogP contribution in [-0.2, 0) is 38.8 Å². The number of benzene rings is 2. The number of nitrogens with zero attached hydrogens (tertiary/aromatic N) is 2. The number of hydrogen-bond donors (Lipinski definition) is 1. The van der Waals surface area contributed by atoms with Crippen molar-refractivity contribution in [1.29, 1.82) is 0 Å². The highest BCUT2D eigenvalue weighted by atomic mass is 35.5. The van der Waals surface area contributed by atoms with Crippen molar-refractivity contribution >= 4 is 33.2 Å². The molecule has 2 aromatic carbocycles. The zero-order valence-corrected chi connectivity index (χ0v) is 20.0. The van der Waals surface area contributed by atoms with Crippen LogP contribution in [0.25, 0.3) is 0 Å². The van der Waals surface area contributed by atoms with Gasteiger partial charge < -0.3 is 10.1 Å². The van der Waals surface area contributed by atoms with E-state index in [9.17, 15) is 26.4 Å². The van der Waals surface area contributed by atoms with Crippen LogP contribution < -0.4 is 9.62 Å². The highest BCUT2D eigenvalue weighted by Crippen LogP contribution is 2.36. The predicted molar refractivity (Wildman–Crippen MR) is 123 cm³/mol. The van der Waals surface area contributed by atoms with Gasteiger partial charge in [-0.1, -0.05) is 35.9 Å². The van der Waals surface area contributed by atoms with Gasteiger partial charge in [-0.05, 0) is 29.3 Å². The minimum Gasteiger partial charge on any atom is -0.379 e. The van der Waals surface area contributed by atoms with E-state index < -0.39 is 39.9 Å². The summed E-state index contributed by atoms with van der Waals surface area (Å²) in [5, 5.41) is 2.38. The van der Waals surface area contributed by atoms with Crippen LogP contribution in [0.5, 0.6) is 0 Å². The molecule has 1 heterocycles. The first-order chi connectivity index (χ1) is 15.9. The fraction of sp³-hybridized carbons (Fsp3) is 0.409. The minimum atomic E-state index is -4.70. The second-order valence-corrected chi connectivity index (χ2v) is 10.2. The van der Waals surface area contributed by atoms with E-state index in [1.165, 1.54) is 0 Å². The zero-order chi connectivity index (χ0) is 24.9. The maximum Gasteiger partial charge on any atom is 0.416 e. The van der Waals surface area contributed by atoms with Crippen molar-refractivity contribution in [3.8, 4) is 0 Å². The molecule has 0 atom stereocenters. The Bertz CT molecular complexity index is 1110. The number of morpholine rings is 1. The molecule has 3 rings (SSSR count). The molecule has 1 aliphatic heterocycles. The third kappa shape index (κ3) is 7.33. The molecule has 0 saturated carbocycles. The lowest BCUT2D eigenvalue weighted by molar-refractivity contribution is -0.137. The summed E-state index contributed by atoms with van der Waals surface area (Å²) in [4.78, 5) is 14.7. The fourth-order valence-electron chi connectivity index (χ4n) is 3.43. The van der Waals surface area contributed by atoms with Crippen molar-refractivity contribution in [1.82, 2.24) is 10.2 Å². The van der Waals surface area contributed by atoms with Gasteiger partial charge in [-0.3, -0.25) is 14.0 Å². The highest BCUT2D eigenvalue weighted by Gasteiger charge is 2.33. The number of hydrogen-bond acceptors (Lipinski definition) is 5. The SMILES string of the molecule is CS(=O)(=O)N(CC(=O)NCc1ccc(CN2CCOCC2)cc1)c1cc(C(F)(F)F)ccc1Cl. The van der Waals surface area contributed by atoms with Gasteiger partial charge in [0.15, 0.2) is 0 Å². The molecule has 0 bridgehead atoms. The number of halogens is 4. The van der Waals surface area contributed by atoms with Gasteiger partial charge in [0.05, 0.1) is 35.7 Å². The quantitative estimate of drug-likeness (QED) is 0.579. The molecule has 0 spiro atoms. The molecular weight excluding hydrogens is 495 g/mol. The van der Waals surface area contributed by atoms with E-state index in [1.807, 2.05) is 24.3 Å². The van der Waals surface area contributed by atoms with Crippen LogP contribution in [0.2, 0.25) is 5.02 Å². The molecule has 0 radical (unpaired) electrons. The third-order valence-corrected chi connectivity index (χ3v) is 6.70. The van der Waals surface area contributed by atoms with Crippen LogP contribution in [0.4, 0.5) is 18.9 Å². The summed E-state index contributed by atoms with van der Waals surface area (Å²) in [6.45, 7) is 3.35. The van der Waals surface area contributed by atoms with Crippen molar-refractivity contribution in [3.63, 3.8) is 0 Å². The number of sulfonamides is 1. The first-order valence-corrected chi connectivity index (χ1v) is 12.6. The van der Waals surface area contributed by atoms with E-state index in [-0.39, 0.29) is 11.6 Å². The van der Waals surface area contributed by atoms with Crippen LogP contribution in [0.3, 0.4) is 0 Å². The Morgan fingerprint density at radius 1 is 1.12 bits per heavy atom. The van der Waals surface area contributed by atoms with Crippen LogP contribution in [-0.4, -0.2) is 58.3 Å². The van der Waals surface area contributed by atoms with Crippen LogP contribution in [0.15, 0.2) is 42.5 Å². The van der Waals surface area contributed by atoms with Gasteiger partial charge in [-0.15, -0.1) is 0 Å². The molecule has 1 fully saturated rings. The molecule has 186 valence electrons. The molecule has 7 nitrogen and oxygen atoms in total. The Kier molecular flexibility index (Phi) is 8.45. The molecule has 12 heteroatoms. The predicted octanol–water partition coefficient (Wildman–Crippen LogP) is 3.27. The van der Waals surface area contributed by atoms with Crippen LogP contribution >= 0.6 is 11.6 Å². The van der Waals surface area contributed by atoms with Gasteiger partial charge in [0, 0.05) is 26.2 Å². The summed E-state index contributed by atoms with van der Waals surface area (Å²) in [6, 6.07) is 9.92. The fourth-order valence-corrected chi connectivity index (χ4v) is 4.56. The van der Waals surface area contributed by atoms with Crippen molar-refractivity contribution in [2.24, 2.45) is 0 Å². The smallest absolute Gasteiger partial charge is 0.379 e.